The van der Waals surface area contributed by atoms with Gasteiger partial charge >= 0.3 is 5.97 Å². The molecule has 2 aliphatic rings. The van der Waals surface area contributed by atoms with Crippen molar-refractivity contribution in [3.05, 3.63) is 17.0 Å². The summed E-state index contributed by atoms with van der Waals surface area (Å²) in [7, 11) is 0. The Morgan fingerprint density at radius 2 is 2.23 bits per heavy atom. The number of carbonyl (C=O) groups is 1. The van der Waals surface area contributed by atoms with E-state index in [0.717, 1.165) is 35.9 Å². The van der Waals surface area contributed by atoms with E-state index in [9.17, 15) is 4.79 Å². The molecule has 2 N–H and O–H groups in total. The van der Waals surface area contributed by atoms with E-state index in [4.69, 9.17) is 5.11 Å². The van der Waals surface area contributed by atoms with Gasteiger partial charge in [-0.2, -0.15) is 5.10 Å². The maximum Gasteiger partial charge on any atom is 0.354 e. The Kier molecular flexibility index (Phi) is 1.17. The van der Waals surface area contributed by atoms with Crippen molar-refractivity contribution in [1.82, 2.24) is 10.2 Å². The zero-order valence-corrected chi connectivity index (χ0v) is 7.08. The summed E-state index contributed by atoms with van der Waals surface area (Å²) in [6.07, 6.45) is 3.15. The van der Waals surface area contributed by atoms with Gasteiger partial charge in [-0.25, -0.2) is 4.79 Å². The number of rotatable bonds is 1. The summed E-state index contributed by atoms with van der Waals surface area (Å²) in [5.41, 5.74) is 2.24. The van der Waals surface area contributed by atoms with Gasteiger partial charge in [0.1, 0.15) is 5.69 Å². The number of nitrogens with zero attached hydrogens (tertiary/aromatic N) is 1. The summed E-state index contributed by atoms with van der Waals surface area (Å²) in [5.74, 6) is 0.647. The zero-order valence-electron chi connectivity index (χ0n) is 7.08. The van der Waals surface area contributed by atoms with Crippen molar-refractivity contribution in [2.24, 2.45) is 11.8 Å². The average Bonchev–Trinajstić information content (AvgIpc) is 2.70. The molecule has 0 amide bonds. The molecule has 2 atom stereocenters. The van der Waals surface area contributed by atoms with E-state index in [1.54, 1.807) is 0 Å². The molecule has 3 rings (SSSR count). The van der Waals surface area contributed by atoms with Gasteiger partial charge in [0.05, 0.1) is 5.69 Å². The number of nitrogens with one attached hydrogen (secondary N) is 1. The lowest BCUT2D eigenvalue weighted by Crippen LogP contribution is -2.08. The lowest BCUT2D eigenvalue weighted by molar-refractivity contribution is 0.0689. The average molecular weight is 178 g/mol. The van der Waals surface area contributed by atoms with Gasteiger partial charge < -0.3 is 5.11 Å². The third-order valence-electron chi connectivity index (χ3n) is 3.16. The first-order chi connectivity index (χ1) is 6.25. The molecule has 0 radical (unpaired) electrons. The van der Waals surface area contributed by atoms with Crippen molar-refractivity contribution in [1.29, 1.82) is 0 Å². The van der Waals surface area contributed by atoms with Crippen LogP contribution in [0.1, 0.15) is 28.2 Å². The molecule has 0 aromatic carbocycles. The summed E-state index contributed by atoms with van der Waals surface area (Å²) in [4.78, 5) is 10.8. The van der Waals surface area contributed by atoms with Crippen molar-refractivity contribution in [2.45, 2.75) is 19.3 Å². The lowest BCUT2D eigenvalue weighted by atomic mass is 9.96. The SMILES string of the molecule is O=C(O)c1[nH]nc2c1CC1CC1C2. The Morgan fingerprint density at radius 3 is 3.00 bits per heavy atom. The van der Waals surface area contributed by atoms with E-state index in [1.165, 1.54) is 6.42 Å². The van der Waals surface area contributed by atoms with Crippen LogP contribution in [-0.2, 0) is 12.8 Å². The van der Waals surface area contributed by atoms with Gasteiger partial charge in [0.25, 0.3) is 0 Å². The van der Waals surface area contributed by atoms with Crippen LogP contribution >= 0.6 is 0 Å². The van der Waals surface area contributed by atoms with Gasteiger partial charge in [-0.3, -0.25) is 5.10 Å². The maximum atomic E-state index is 10.8. The Morgan fingerprint density at radius 1 is 1.46 bits per heavy atom. The molecule has 0 saturated heterocycles. The third-order valence-corrected chi connectivity index (χ3v) is 3.16. The number of aromatic carboxylic acids is 1. The number of aromatic amines is 1. The molecule has 1 aromatic rings. The first kappa shape index (κ1) is 7.12. The minimum Gasteiger partial charge on any atom is -0.477 e. The fourth-order valence-electron chi connectivity index (χ4n) is 2.29. The minimum atomic E-state index is -0.882. The summed E-state index contributed by atoms with van der Waals surface area (Å²) < 4.78 is 0. The third kappa shape index (κ3) is 0.913. The Labute approximate surface area is 75.0 Å². The molecular weight excluding hydrogens is 168 g/mol. The van der Waals surface area contributed by atoms with Crippen LogP contribution in [0.4, 0.5) is 0 Å². The molecule has 0 bridgehead atoms. The van der Waals surface area contributed by atoms with E-state index in [1.807, 2.05) is 0 Å². The highest BCUT2D eigenvalue weighted by Gasteiger charge is 2.43. The van der Waals surface area contributed by atoms with Crippen molar-refractivity contribution >= 4 is 5.97 Å². The molecule has 4 nitrogen and oxygen atoms in total. The van der Waals surface area contributed by atoms with Gasteiger partial charge in [-0.1, -0.05) is 0 Å². The highest BCUT2D eigenvalue weighted by Crippen LogP contribution is 2.47. The van der Waals surface area contributed by atoms with E-state index < -0.39 is 5.97 Å². The summed E-state index contributed by atoms with van der Waals surface area (Å²) >= 11 is 0. The second-order valence-electron chi connectivity index (χ2n) is 3.99. The molecule has 68 valence electrons. The highest BCUT2D eigenvalue weighted by atomic mass is 16.4. The molecule has 13 heavy (non-hydrogen) atoms. The second-order valence-corrected chi connectivity index (χ2v) is 3.99. The monoisotopic (exact) mass is 178 g/mol. The molecule has 0 aliphatic heterocycles. The van der Waals surface area contributed by atoms with Crippen molar-refractivity contribution in [3.63, 3.8) is 0 Å². The molecule has 1 saturated carbocycles. The van der Waals surface area contributed by atoms with Crippen LogP contribution in [-0.4, -0.2) is 21.3 Å². The zero-order chi connectivity index (χ0) is 9.00. The van der Waals surface area contributed by atoms with Crippen LogP contribution in [0.15, 0.2) is 0 Å². The number of hydrogen-bond donors (Lipinski definition) is 2. The van der Waals surface area contributed by atoms with Crippen LogP contribution in [0.3, 0.4) is 0 Å². The number of hydrogen-bond acceptors (Lipinski definition) is 2. The van der Waals surface area contributed by atoms with Crippen LogP contribution in [0.2, 0.25) is 0 Å². The Hall–Kier alpha value is -1.32. The van der Waals surface area contributed by atoms with Crippen LogP contribution in [0.25, 0.3) is 0 Å². The molecule has 1 heterocycles. The van der Waals surface area contributed by atoms with Gasteiger partial charge in [-0.05, 0) is 31.1 Å². The van der Waals surface area contributed by atoms with Crippen LogP contribution < -0.4 is 0 Å². The largest absolute Gasteiger partial charge is 0.477 e. The van der Waals surface area contributed by atoms with Gasteiger partial charge in [-0.15, -0.1) is 0 Å². The molecule has 0 spiro atoms. The molecule has 1 aromatic heterocycles. The standard InChI is InChI=1S/C9H10N2O2/c12-9(13)8-6-2-4-1-5(4)3-7(6)10-11-8/h4-5H,1-3H2,(H,10,11)(H,12,13). The summed E-state index contributed by atoms with van der Waals surface area (Å²) in [6, 6.07) is 0. The highest BCUT2D eigenvalue weighted by molar-refractivity contribution is 5.87. The number of fused-ring (bicyclic) bond motifs is 2. The van der Waals surface area contributed by atoms with Crippen LogP contribution in [0, 0.1) is 11.8 Å². The molecule has 4 heteroatoms. The number of H-pyrrole nitrogens is 1. The van der Waals surface area contributed by atoms with E-state index in [-0.39, 0.29) is 0 Å². The van der Waals surface area contributed by atoms with Crippen molar-refractivity contribution in [3.8, 4) is 0 Å². The molecule has 2 aliphatic carbocycles. The minimum absolute atomic E-state index is 0.306. The Bertz CT molecular complexity index is 383. The lowest BCUT2D eigenvalue weighted by Gasteiger charge is -2.08. The normalized spacial score (nSPS) is 29.2. The first-order valence-corrected chi connectivity index (χ1v) is 4.55. The molecule has 1 fully saturated rings. The van der Waals surface area contributed by atoms with Crippen LogP contribution in [0.5, 0.6) is 0 Å². The number of carboxylic acids is 1. The van der Waals surface area contributed by atoms with Gasteiger partial charge in [0.2, 0.25) is 0 Å². The van der Waals surface area contributed by atoms with E-state index >= 15 is 0 Å². The smallest absolute Gasteiger partial charge is 0.354 e. The Balaban J connectivity index is 2.06. The van der Waals surface area contributed by atoms with Crippen molar-refractivity contribution < 1.29 is 9.90 Å². The first-order valence-electron chi connectivity index (χ1n) is 4.55. The molecule has 2 unspecified atom stereocenters. The van der Waals surface area contributed by atoms with Gasteiger partial charge in [0, 0.05) is 5.56 Å². The number of aromatic nitrogens is 2. The van der Waals surface area contributed by atoms with Crippen molar-refractivity contribution in [2.75, 3.05) is 0 Å². The summed E-state index contributed by atoms with van der Waals surface area (Å²) in [5, 5.41) is 15.5. The fourth-order valence-corrected chi connectivity index (χ4v) is 2.29. The fraction of sp³-hybridized carbons (Fsp3) is 0.556. The predicted molar refractivity (Wildman–Crippen MR) is 44.6 cm³/mol. The molecular formula is C9H10N2O2. The summed E-state index contributed by atoms with van der Waals surface area (Å²) in [6.45, 7) is 0. The van der Waals surface area contributed by atoms with E-state index in [0.29, 0.717) is 5.69 Å². The van der Waals surface area contributed by atoms with E-state index in [2.05, 4.69) is 10.2 Å². The predicted octanol–water partition coefficient (Wildman–Crippen LogP) is 0.843. The second kappa shape index (κ2) is 2.13. The van der Waals surface area contributed by atoms with Gasteiger partial charge in [0.15, 0.2) is 0 Å². The quantitative estimate of drug-likeness (QED) is 0.669. The topological polar surface area (TPSA) is 66.0 Å². The number of carboxylic acid groups (broad SMARTS) is 1. The maximum absolute atomic E-state index is 10.8.